The van der Waals surface area contributed by atoms with Crippen LogP contribution in [0.1, 0.15) is 37.7 Å². The van der Waals surface area contributed by atoms with Gasteiger partial charge in [-0.25, -0.2) is 4.68 Å². The quantitative estimate of drug-likeness (QED) is 0.122. The Morgan fingerprint density at radius 1 is 1.27 bits per heavy atom. The number of aliphatic hydroxyl groups is 3. The SMILES string of the molecule is O=P(O)(O)[C@@](CO)(OC[C@H]1O[C@@H](n2ncc3c(NC4CCCC4)nc(Cl)nc32)[C@H](O)[C@@H]1O)c1nn[nH]n1. The van der Waals surface area contributed by atoms with Crippen molar-refractivity contribution in [1.29, 1.82) is 0 Å². The maximum Gasteiger partial charge on any atom is 0.367 e. The second-order valence-electron chi connectivity index (χ2n) is 8.87. The van der Waals surface area contributed by atoms with Gasteiger partial charge in [0.25, 0.3) is 5.34 Å². The van der Waals surface area contributed by atoms with Crippen LogP contribution in [0.2, 0.25) is 5.28 Å². The van der Waals surface area contributed by atoms with Gasteiger partial charge in [0.1, 0.15) is 24.1 Å². The van der Waals surface area contributed by atoms with Crippen LogP contribution in [0, 0.1) is 0 Å². The zero-order chi connectivity index (χ0) is 26.4. The molecule has 19 heteroatoms. The van der Waals surface area contributed by atoms with E-state index in [1.54, 1.807) is 0 Å². The van der Waals surface area contributed by atoms with E-state index in [0.717, 1.165) is 25.7 Å². The maximum absolute atomic E-state index is 12.2. The molecule has 0 aromatic carbocycles. The van der Waals surface area contributed by atoms with Gasteiger partial charge in [0.05, 0.1) is 24.8 Å². The lowest BCUT2D eigenvalue weighted by molar-refractivity contribution is -0.114. The van der Waals surface area contributed by atoms with Crippen molar-refractivity contribution < 1.29 is 39.1 Å². The number of nitrogens with one attached hydrogen (secondary N) is 2. The maximum atomic E-state index is 12.2. The van der Waals surface area contributed by atoms with Gasteiger partial charge in [0.15, 0.2) is 11.9 Å². The first-order valence-electron chi connectivity index (χ1n) is 11.4. The number of hydrogen-bond donors (Lipinski definition) is 7. The van der Waals surface area contributed by atoms with Crippen molar-refractivity contribution in [2.75, 3.05) is 18.5 Å². The van der Waals surface area contributed by atoms with E-state index in [1.165, 1.54) is 10.9 Å². The van der Waals surface area contributed by atoms with Crippen LogP contribution >= 0.6 is 19.2 Å². The molecule has 202 valence electrons. The molecule has 1 aliphatic carbocycles. The summed E-state index contributed by atoms with van der Waals surface area (Å²) in [5.74, 6) is -0.116. The van der Waals surface area contributed by atoms with Crippen LogP contribution in [0.25, 0.3) is 11.0 Å². The molecule has 3 aromatic rings. The van der Waals surface area contributed by atoms with Gasteiger partial charge in [-0.1, -0.05) is 18.1 Å². The summed E-state index contributed by atoms with van der Waals surface area (Å²) >= 11 is 6.15. The Bertz CT molecular complexity index is 1290. The molecule has 1 aliphatic heterocycles. The third kappa shape index (κ3) is 4.71. The number of anilines is 1. The van der Waals surface area contributed by atoms with E-state index in [1.807, 2.05) is 0 Å². The first-order valence-corrected chi connectivity index (χ1v) is 13.4. The standard InChI is InChI=1S/C18H25ClN9O8P/c19-17-22-13(21-8-3-1-2-4-8)9-5-20-28(14(9)23-17)15-12(31)11(30)10(36-15)6-35-18(7-29,37(32,33)34)16-24-26-27-25-16/h5,8,10-12,15,29-31H,1-4,6-7H2,(H,21,22,23)(H2,32,33,34)(H,24,25,26,27)/t10-,11-,12-,15-,18-/m1/s1. The summed E-state index contributed by atoms with van der Waals surface area (Å²) in [5, 5.41) is 48.9. The average Bonchev–Trinajstić information content (AvgIpc) is 3.64. The van der Waals surface area contributed by atoms with Gasteiger partial charge in [-0.15, -0.1) is 10.2 Å². The Hall–Kier alpha value is -2.34. The molecule has 0 bridgehead atoms. The smallest absolute Gasteiger partial charge is 0.367 e. The third-order valence-electron chi connectivity index (χ3n) is 6.57. The number of tetrazole rings is 1. The van der Waals surface area contributed by atoms with Crippen molar-refractivity contribution in [1.82, 2.24) is 40.4 Å². The van der Waals surface area contributed by atoms with Crippen molar-refractivity contribution in [2.24, 2.45) is 0 Å². The van der Waals surface area contributed by atoms with Gasteiger partial charge in [0.2, 0.25) is 11.1 Å². The molecule has 2 fully saturated rings. The zero-order valence-electron chi connectivity index (χ0n) is 19.1. The fourth-order valence-corrected chi connectivity index (χ4v) is 5.51. The van der Waals surface area contributed by atoms with Gasteiger partial charge in [-0.3, -0.25) is 4.57 Å². The van der Waals surface area contributed by atoms with E-state index in [9.17, 15) is 29.7 Å². The lowest BCUT2D eigenvalue weighted by Crippen LogP contribution is -2.40. The van der Waals surface area contributed by atoms with E-state index >= 15 is 0 Å². The number of aliphatic hydroxyl groups excluding tert-OH is 3. The third-order valence-corrected chi connectivity index (χ3v) is 8.15. The van der Waals surface area contributed by atoms with Gasteiger partial charge in [-0.2, -0.15) is 20.3 Å². The number of hydrogen-bond acceptors (Lipinski definition) is 13. The van der Waals surface area contributed by atoms with Gasteiger partial charge in [-0.05, 0) is 24.4 Å². The van der Waals surface area contributed by atoms with Crippen LogP contribution in [0.4, 0.5) is 5.82 Å². The number of aromatic amines is 1. The minimum Gasteiger partial charge on any atom is -0.392 e. The highest BCUT2D eigenvalue weighted by molar-refractivity contribution is 7.52. The van der Waals surface area contributed by atoms with Crippen LogP contribution in [0.15, 0.2) is 6.20 Å². The summed E-state index contributed by atoms with van der Waals surface area (Å²) in [4.78, 5) is 28.2. The Morgan fingerprint density at radius 3 is 2.68 bits per heavy atom. The fourth-order valence-electron chi connectivity index (χ4n) is 4.56. The number of nitrogens with zero attached hydrogens (tertiary/aromatic N) is 7. The summed E-state index contributed by atoms with van der Waals surface area (Å²) < 4.78 is 24.6. The summed E-state index contributed by atoms with van der Waals surface area (Å²) in [5.41, 5.74) is 0.241. The molecule has 0 spiro atoms. The van der Waals surface area contributed by atoms with E-state index in [0.29, 0.717) is 11.2 Å². The molecule has 0 radical (unpaired) electrons. The van der Waals surface area contributed by atoms with Crippen LogP contribution in [-0.4, -0.2) is 103 Å². The minimum atomic E-state index is -5.22. The molecule has 1 saturated carbocycles. The number of halogens is 1. The molecule has 4 heterocycles. The first kappa shape index (κ1) is 26.3. The molecule has 0 unspecified atom stereocenters. The Labute approximate surface area is 213 Å². The molecule has 0 amide bonds. The molecule has 7 N–H and O–H groups in total. The molecular formula is C18H25ClN9O8P. The molecule has 17 nitrogen and oxygen atoms in total. The highest BCUT2D eigenvalue weighted by atomic mass is 35.5. The number of fused-ring (bicyclic) bond motifs is 1. The molecule has 1 saturated heterocycles. The predicted molar refractivity (Wildman–Crippen MR) is 123 cm³/mol. The predicted octanol–water partition coefficient (Wildman–Crippen LogP) is -0.994. The Morgan fingerprint density at radius 2 is 2.03 bits per heavy atom. The minimum absolute atomic E-state index is 0.0582. The van der Waals surface area contributed by atoms with Gasteiger partial charge >= 0.3 is 7.60 Å². The second-order valence-corrected chi connectivity index (χ2v) is 11.0. The van der Waals surface area contributed by atoms with Crippen LogP contribution in [0.3, 0.4) is 0 Å². The van der Waals surface area contributed by atoms with Crippen LogP contribution in [0.5, 0.6) is 0 Å². The number of rotatable bonds is 9. The molecular weight excluding hydrogens is 537 g/mol. The molecule has 5 rings (SSSR count). The molecule has 3 aromatic heterocycles. The second kappa shape index (κ2) is 10.1. The molecule has 37 heavy (non-hydrogen) atoms. The number of H-pyrrole nitrogens is 1. The lowest BCUT2D eigenvalue weighted by Gasteiger charge is -2.30. The zero-order valence-corrected chi connectivity index (χ0v) is 20.8. The van der Waals surface area contributed by atoms with Crippen LogP contribution in [-0.2, 0) is 19.4 Å². The Kier molecular flexibility index (Phi) is 7.16. The van der Waals surface area contributed by atoms with E-state index in [4.69, 9.17) is 21.1 Å². The average molecular weight is 562 g/mol. The van der Waals surface area contributed by atoms with Crippen molar-refractivity contribution >= 4 is 36.0 Å². The van der Waals surface area contributed by atoms with E-state index < -0.39 is 56.5 Å². The summed E-state index contributed by atoms with van der Waals surface area (Å²) in [6, 6.07) is 0.231. The fraction of sp³-hybridized carbons (Fsp3) is 0.667. The summed E-state index contributed by atoms with van der Waals surface area (Å²) in [6.45, 7) is -1.88. The van der Waals surface area contributed by atoms with E-state index in [2.05, 4.69) is 41.0 Å². The van der Waals surface area contributed by atoms with E-state index in [-0.39, 0.29) is 17.0 Å². The van der Waals surface area contributed by atoms with Crippen molar-refractivity contribution in [3.8, 4) is 0 Å². The molecule has 2 aliphatic rings. The van der Waals surface area contributed by atoms with Crippen molar-refractivity contribution in [3.63, 3.8) is 0 Å². The normalized spacial score (nSPS) is 26.6. The monoisotopic (exact) mass is 561 g/mol. The van der Waals surface area contributed by atoms with Crippen molar-refractivity contribution in [3.05, 3.63) is 17.3 Å². The van der Waals surface area contributed by atoms with Gasteiger partial charge in [0, 0.05) is 6.04 Å². The lowest BCUT2D eigenvalue weighted by atomic mass is 10.1. The number of aromatic nitrogens is 8. The van der Waals surface area contributed by atoms with Crippen molar-refractivity contribution in [2.45, 2.75) is 61.6 Å². The largest absolute Gasteiger partial charge is 0.392 e. The van der Waals surface area contributed by atoms with Crippen LogP contribution < -0.4 is 5.32 Å². The summed E-state index contributed by atoms with van der Waals surface area (Å²) in [6.07, 6.45) is 0.0372. The topological polar surface area (TPSA) is 247 Å². The first-order chi connectivity index (χ1) is 17.6. The summed E-state index contributed by atoms with van der Waals surface area (Å²) in [7, 11) is -5.22. The number of ether oxygens (including phenoxy) is 2. The Balaban J connectivity index is 1.39. The highest BCUT2D eigenvalue weighted by Gasteiger charge is 2.55. The molecule has 5 atom stereocenters. The van der Waals surface area contributed by atoms with Gasteiger partial charge < -0.3 is 39.9 Å². The highest BCUT2D eigenvalue weighted by Crippen LogP contribution is 2.56.